The number of hydrogen-bond donors (Lipinski definition) is 2. The van der Waals surface area contributed by atoms with Crippen molar-refractivity contribution in [1.82, 2.24) is 10.3 Å². The highest BCUT2D eigenvalue weighted by atomic mass is 19.1. The van der Waals surface area contributed by atoms with Crippen molar-refractivity contribution in [3.63, 3.8) is 0 Å². The molecule has 0 fully saturated rings. The first-order valence-electron chi connectivity index (χ1n) is 6.43. The molecule has 3 rings (SSSR count). The van der Waals surface area contributed by atoms with Crippen LogP contribution in [0.25, 0.3) is 10.9 Å². The lowest BCUT2D eigenvalue weighted by atomic mass is 10.1. The molecule has 21 heavy (non-hydrogen) atoms. The highest BCUT2D eigenvalue weighted by Crippen LogP contribution is 2.17. The van der Waals surface area contributed by atoms with E-state index in [2.05, 4.69) is 10.3 Å². The molecule has 0 saturated heterocycles. The van der Waals surface area contributed by atoms with Gasteiger partial charge in [0.15, 0.2) is 0 Å². The summed E-state index contributed by atoms with van der Waals surface area (Å²) in [6.45, 7) is 0.00571. The van der Waals surface area contributed by atoms with Gasteiger partial charge in [-0.15, -0.1) is 0 Å². The van der Waals surface area contributed by atoms with Gasteiger partial charge in [0.1, 0.15) is 11.6 Å². The number of aromatic amines is 1. The van der Waals surface area contributed by atoms with Crippen LogP contribution in [0.4, 0.5) is 8.78 Å². The molecule has 0 bridgehead atoms. The van der Waals surface area contributed by atoms with Gasteiger partial charge in [-0.25, -0.2) is 8.78 Å². The lowest BCUT2D eigenvalue weighted by molar-refractivity contribution is 0.0952. The Hall–Kier alpha value is -2.69. The molecular formula is C16H12F2N2O. The summed E-state index contributed by atoms with van der Waals surface area (Å²) in [6.07, 6.45) is 1.75. The fourth-order valence-corrected chi connectivity index (χ4v) is 2.22. The molecule has 1 amide bonds. The van der Waals surface area contributed by atoms with Gasteiger partial charge in [-0.2, -0.15) is 0 Å². The van der Waals surface area contributed by atoms with Crippen LogP contribution in [0.3, 0.4) is 0 Å². The van der Waals surface area contributed by atoms with Gasteiger partial charge in [0.2, 0.25) is 0 Å². The SMILES string of the molecule is O=C(NCc1ccc(F)cc1F)c1cccc2[nH]ccc12. The summed E-state index contributed by atoms with van der Waals surface area (Å²) in [5, 5.41) is 3.44. The van der Waals surface area contributed by atoms with Gasteiger partial charge >= 0.3 is 0 Å². The number of aromatic nitrogens is 1. The molecule has 0 atom stereocenters. The Kier molecular flexibility index (Phi) is 3.39. The van der Waals surface area contributed by atoms with Crippen molar-refractivity contribution in [3.8, 4) is 0 Å². The Bertz CT molecular complexity index is 811. The summed E-state index contributed by atoms with van der Waals surface area (Å²) < 4.78 is 26.3. The number of H-pyrrole nitrogens is 1. The minimum absolute atomic E-state index is 0.00571. The zero-order valence-corrected chi connectivity index (χ0v) is 11.0. The Morgan fingerprint density at radius 2 is 2.00 bits per heavy atom. The van der Waals surface area contributed by atoms with Crippen molar-refractivity contribution in [3.05, 3.63) is 71.4 Å². The third kappa shape index (κ3) is 2.63. The smallest absolute Gasteiger partial charge is 0.252 e. The minimum atomic E-state index is -0.671. The number of carbonyl (C=O) groups excluding carboxylic acids is 1. The number of benzene rings is 2. The van der Waals surface area contributed by atoms with E-state index in [0.717, 1.165) is 23.0 Å². The first-order valence-corrected chi connectivity index (χ1v) is 6.43. The molecule has 2 N–H and O–H groups in total. The lowest BCUT2D eigenvalue weighted by Crippen LogP contribution is -2.23. The second-order valence-electron chi connectivity index (χ2n) is 4.66. The van der Waals surface area contributed by atoms with E-state index in [9.17, 15) is 13.6 Å². The standard InChI is InChI=1S/C16H12F2N2O/c17-11-5-4-10(14(18)8-11)9-20-16(21)13-2-1-3-15-12(13)6-7-19-15/h1-8,19H,9H2,(H,20,21). The average molecular weight is 286 g/mol. The summed E-state index contributed by atoms with van der Waals surface area (Å²) in [5.41, 5.74) is 1.61. The van der Waals surface area contributed by atoms with Crippen LogP contribution in [0.2, 0.25) is 0 Å². The van der Waals surface area contributed by atoms with Crippen molar-refractivity contribution in [2.45, 2.75) is 6.54 Å². The zero-order chi connectivity index (χ0) is 14.8. The first kappa shape index (κ1) is 13.3. The molecule has 0 aliphatic heterocycles. The molecular weight excluding hydrogens is 274 g/mol. The molecule has 106 valence electrons. The third-order valence-electron chi connectivity index (χ3n) is 3.29. The normalized spacial score (nSPS) is 10.8. The van der Waals surface area contributed by atoms with Gasteiger partial charge in [-0.05, 0) is 24.3 Å². The predicted octanol–water partition coefficient (Wildman–Crippen LogP) is 3.38. The molecule has 3 nitrogen and oxygen atoms in total. The van der Waals surface area contributed by atoms with E-state index in [1.807, 2.05) is 12.1 Å². The fraction of sp³-hybridized carbons (Fsp3) is 0.0625. The van der Waals surface area contributed by atoms with Crippen LogP contribution in [0, 0.1) is 11.6 Å². The van der Waals surface area contributed by atoms with Crippen molar-refractivity contribution in [2.24, 2.45) is 0 Å². The Balaban J connectivity index is 1.79. The van der Waals surface area contributed by atoms with E-state index in [4.69, 9.17) is 0 Å². The number of rotatable bonds is 3. The predicted molar refractivity (Wildman–Crippen MR) is 75.8 cm³/mol. The van der Waals surface area contributed by atoms with Crippen LogP contribution >= 0.6 is 0 Å². The Morgan fingerprint density at radius 1 is 1.14 bits per heavy atom. The topological polar surface area (TPSA) is 44.9 Å². The molecule has 0 radical (unpaired) electrons. The maximum atomic E-state index is 13.5. The summed E-state index contributed by atoms with van der Waals surface area (Å²) in [6, 6.07) is 10.4. The minimum Gasteiger partial charge on any atom is -0.361 e. The van der Waals surface area contributed by atoms with Gasteiger partial charge in [-0.3, -0.25) is 4.79 Å². The van der Waals surface area contributed by atoms with Gasteiger partial charge in [-0.1, -0.05) is 12.1 Å². The van der Waals surface area contributed by atoms with E-state index in [1.54, 1.807) is 18.3 Å². The van der Waals surface area contributed by atoms with E-state index in [1.165, 1.54) is 6.07 Å². The van der Waals surface area contributed by atoms with Crippen molar-refractivity contribution < 1.29 is 13.6 Å². The maximum absolute atomic E-state index is 13.5. The Labute approximate surface area is 119 Å². The highest BCUT2D eigenvalue weighted by molar-refractivity contribution is 6.06. The number of halogens is 2. The second kappa shape index (κ2) is 5.36. The summed E-state index contributed by atoms with van der Waals surface area (Å²) in [7, 11) is 0. The molecule has 0 aliphatic rings. The zero-order valence-electron chi connectivity index (χ0n) is 11.0. The molecule has 0 unspecified atom stereocenters. The van der Waals surface area contributed by atoms with E-state index in [0.29, 0.717) is 5.56 Å². The molecule has 1 heterocycles. The molecule has 3 aromatic rings. The number of amides is 1. The van der Waals surface area contributed by atoms with Crippen molar-refractivity contribution in [1.29, 1.82) is 0 Å². The monoisotopic (exact) mass is 286 g/mol. The summed E-state index contributed by atoms with van der Waals surface area (Å²) in [4.78, 5) is 15.2. The van der Waals surface area contributed by atoms with Crippen LogP contribution in [-0.2, 0) is 6.54 Å². The van der Waals surface area contributed by atoms with Gasteiger partial charge < -0.3 is 10.3 Å². The third-order valence-corrected chi connectivity index (χ3v) is 3.29. The number of fused-ring (bicyclic) bond motifs is 1. The second-order valence-corrected chi connectivity index (χ2v) is 4.66. The molecule has 0 aliphatic carbocycles. The van der Waals surface area contributed by atoms with Crippen molar-refractivity contribution in [2.75, 3.05) is 0 Å². The van der Waals surface area contributed by atoms with Crippen molar-refractivity contribution >= 4 is 16.8 Å². The molecule has 0 spiro atoms. The largest absolute Gasteiger partial charge is 0.361 e. The quantitative estimate of drug-likeness (QED) is 0.761. The van der Waals surface area contributed by atoms with E-state index < -0.39 is 11.6 Å². The average Bonchev–Trinajstić information content (AvgIpc) is 2.94. The number of nitrogens with one attached hydrogen (secondary N) is 2. The Morgan fingerprint density at radius 3 is 2.81 bits per heavy atom. The fourth-order valence-electron chi connectivity index (χ4n) is 2.22. The summed E-state index contributed by atoms with van der Waals surface area (Å²) >= 11 is 0. The van der Waals surface area contributed by atoms with Gasteiger partial charge in [0.25, 0.3) is 5.91 Å². The van der Waals surface area contributed by atoms with Crippen LogP contribution in [0.5, 0.6) is 0 Å². The van der Waals surface area contributed by atoms with Gasteiger partial charge in [0.05, 0.1) is 0 Å². The number of hydrogen-bond acceptors (Lipinski definition) is 1. The van der Waals surface area contributed by atoms with Crippen LogP contribution in [0.15, 0.2) is 48.7 Å². The molecule has 2 aromatic carbocycles. The maximum Gasteiger partial charge on any atom is 0.252 e. The lowest BCUT2D eigenvalue weighted by Gasteiger charge is -2.07. The molecule has 5 heteroatoms. The van der Waals surface area contributed by atoms with Gasteiger partial charge in [0, 0.05) is 40.8 Å². The van der Waals surface area contributed by atoms with E-state index in [-0.39, 0.29) is 18.0 Å². The van der Waals surface area contributed by atoms with E-state index >= 15 is 0 Å². The highest BCUT2D eigenvalue weighted by Gasteiger charge is 2.11. The molecule has 0 saturated carbocycles. The number of carbonyl (C=O) groups is 1. The van der Waals surface area contributed by atoms with Crippen LogP contribution in [-0.4, -0.2) is 10.9 Å². The van der Waals surface area contributed by atoms with Crippen LogP contribution < -0.4 is 5.32 Å². The molecule has 1 aromatic heterocycles. The summed E-state index contributed by atoms with van der Waals surface area (Å²) in [5.74, 6) is -1.61. The van der Waals surface area contributed by atoms with Crippen LogP contribution in [0.1, 0.15) is 15.9 Å². The first-order chi connectivity index (χ1) is 10.1.